The average Bonchev–Trinajstić information content (AvgIpc) is 2.06. The van der Waals surface area contributed by atoms with Crippen molar-refractivity contribution < 1.29 is 9.47 Å². The maximum absolute atomic E-state index is 5.12. The van der Waals surface area contributed by atoms with Crippen molar-refractivity contribution in [3.05, 3.63) is 0 Å². The predicted octanol–water partition coefficient (Wildman–Crippen LogP) is 2.27. The van der Waals surface area contributed by atoms with Gasteiger partial charge in [0.2, 0.25) is 0 Å². The molecule has 0 aromatic rings. The summed E-state index contributed by atoms with van der Waals surface area (Å²) < 4.78 is 10.2. The van der Waals surface area contributed by atoms with Crippen LogP contribution in [0.4, 0.5) is 0 Å². The number of ether oxygens (including phenoxy) is 2. The Morgan fingerprint density at radius 2 is 1.77 bits per heavy atom. The molecule has 0 saturated carbocycles. The second-order valence-electron chi connectivity index (χ2n) is 3.70. The lowest BCUT2D eigenvalue weighted by Gasteiger charge is -2.18. The molecule has 0 unspecified atom stereocenters. The Morgan fingerprint density at radius 3 is 2.15 bits per heavy atom. The molecule has 0 fully saturated rings. The summed E-state index contributed by atoms with van der Waals surface area (Å²) in [7, 11) is 2.03. The van der Waals surface area contributed by atoms with Gasteiger partial charge in [0, 0.05) is 14.2 Å². The summed E-state index contributed by atoms with van der Waals surface area (Å²) in [5.74, 6) is 3.00. The summed E-state index contributed by atoms with van der Waals surface area (Å²) in [6, 6.07) is 1.13. The average molecular weight is 200 g/mol. The summed E-state index contributed by atoms with van der Waals surface area (Å²) in [5.41, 5.74) is 3.30. The lowest BCUT2D eigenvalue weighted by atomic mass is 10.5. The molecule has 76 valence electrons. The molecule has 0 heterocycles. The Balaban J connectivity index is 3.90. The van der Waals surface area contributed by atoms with E-state index in [1.165, 1.54) is 0 Å². The first-order valence-corrected chi connectivity index (χ1v) is 7.76. The van der Waals surface area contributed by atoms with Crippen LogP contribution < -0.4 is 0 Å². The SMILES string of the molecule is CC#C[Si](C)(C)CCC(OC)OC. The first-order chi connectivity index (χ1) is 6.05. The van der Waals surface area contributed by atoms with Gasteiger partial charge in [-0.25, -0.2) is 0 Å². The molecule has 3 heteroatoms. The summed E-state index contributed by atoms with van der Waals surface area (Å²) in [5, 5.41) is 0. The topological polar surface area (TPSA) is 18.5 Å². The van der Waals surface area contributed by atoms with E-state index in [0.29, 0.717) is 0 Å². The van der Waals surface area contributed by atoms with Crippen LogP contribution in [0.3, 0.4) is 0 Å². The Labute approximate surface area is 82.6 Å². The molecule has 0 saturated heterocycles. The molecule has 0 rings (SSSR count). The minimum absolute atomic E-state index is 0.0644. The summed E-state index contributed by atoms with van der Waals surface area (Å²) >= 11 is 0. The highest BCUT2D eigenvalue weighted by Gasteiger charge is 2.19. The number of hydrogen-bond acceptors (Lipinski definition) is 2. The molecule has 0 aliphatic heterocycles. The molecule has 0 aromatic heterocycles. The van der Waals surface area contributed by atoms with Crippen LogP contribution in [-0.2, 0) is 9.47 Å². The van der Waals surface area contributed by atoms with Crippen molar-refractivity contribution in [1.29, 1.82) is 0 Å². The zero-order chi connectivity index (χ0) is 10.3. The molecule has 2 nitrogen and oxygen atoms in total. The lowest BCUT2D eigenvalue weighted by molar-refractivity contribution is -0.103. The van der Waals surface area contributed by atoms with Crippen LogP contribution in [-0.4, -0.2) is 28.6 Å². The minimum atomic E-state index is -1.32. The minimum Gasteiger partial charge on any atom is -0.356 e. The van der Waals surface area contributed by atoms with Gasteiger partial charge in [0.15, 0.2) is 6.29 Å². The van der Waals surface area contributed by atoms with E-state index in [9.17, 15) is 0 Å². The van der Waals surface area contributed by atoms with Crippen LogP contribution in [0.25, 0.3) is 0 Å². The molecule has 0 radical (unpaired) electrons. The van der Waals surface area contributed by atoms with Gasteiger partial charge in [0.25, 0.3) is 0 Å². The van der Waals surface area contributed by atoms with Crippen molar-refractivity contribution >= 4 is 8.07 Å². The monoisotopic (exact) mass is 200 g/mol. The van der Waals surface area contributed by atoms with E-state index in [-0.39, 0.29) is 6.29 Å². The predicted molar refractivity (Wildman–Crippen MR) is 58.2 cm³/mol. The number of rotatable bonds is 5. The van der Waals surface area contributed by atoms with E-state index in [1.54, 1.807) is 14.2 Å². The van der Waals surface area contributed by atoms with Crippen molar-refractivity contribution in [2.24, 2.45) is 0 Å². The van der Waals surface area contributed by atoms with E-state index in [2.05, 4.69) is 24.6 Å². The van der Waals surface area contributed by atoms with Crippen molar-refractivity contribution in [2.75, 3.05) is 14.2 Å². The van der Waals surface area contributed by atoms with Crippen molar-refractivity contribution in [3.8, 4) is 11.5 Å². The van der Waals surface area contributed by atoms with E-state index >= 15 is 0 Å². The van der Waals surface area contributed by atoms with Crippen molar-refractivity contribution in [1.82, 2.24) is 0 Å². The molecule has 0 spiro atoms. The molecule has 0 bridgehead atoms. The van der Waals surface area contributed by atoms with Gasteiger partial charge in [0.05, 0.1) is 0 Å². The fourth-order valence-corrected chi connectivity index (χ4v) is 2.97. The highest BCUT2D eigenvalue weighted by atomic mass is 28.3. The second kappa shape index (κ2) is 6.20. The normalized spacial score (nSPS) is 11.2. The molecule has 0 aliphatic rings. The quantitative estimate of drug-likeness (QED) is 0.385. The van der Waals surface area contributed by atoms with Crippen LogP contribution >= 0.6 is 0 Å². The van der Waals surface area contributed by atoms with Gasteiger partial charge in [-0.15, -0.1) is 11.5 Å². The maximum Gasteiger partial charge on any atom is 0.156 e. The summed E-state index contributed by atoms with van der Waals surface area (Å²) in [6.45, 7) is 6.44. The Bertz CT molecular complexity index is 187. The van der Waals surface area contributed by atoms with E-state index in [4.69, 9.17) is 9.47 Å². The van der Waals surface area contributed by atoms with Crippen LogP contribution in [0.15, 0.2) is 0 Å². The molecule has 0 aromatic carbocycles. The Kier molecular flexibility index (Phi) is 6.05. The van der Waals surface area contributed by atoms with E-state index < -0.39 is 8.07 Å². The van der Waals surface area contributed by atoms with Gasteiger partial charge in [-0.2, -0.15) is 0 Å². The highest BCUT2D eigenvalue weighted by Crippen LogP contribution is 2.14. The van der Waals surface area contributed by atoms with Gasteiger partial charge in [-0.1, -0.05) is 13.1 Å². The number of methoxy groups -OCH3 is 2. The Morgan fingerprint density at radius 1 is 1.23 bits per heavy atom. The number of hydrogen-bond donors (Lipinski definition) is 0. The first kappa shape index (κ1) is 12.7. The van der Waals surface area contributed by atoms with Crippen LogP contribution in [0.2, 0.25) is 19.1 Å². The fraction of sp³-hybridized carbons (Fsp3) is 0.800. The lowest BCUT2D eigenvalue weighted by Crippen LogP contribution is -2.26. The van der Waals surface area contributed by atoms with Gasteiger partial charge >= 0.3 is 0 Å². The zero-order valence-corrected chi connectivity index (χ0v) is 10.3. The van der Waals surface area contributed by atoms with Gasteiger partial charge in [-0.3, -0.25) is 0 Å². The van der Waals surface area contributed by atoms with Gasteiger partial charge < -0.3 is 9.47 Å². The largest absolute Gasteiger partial charge is 0.356 e. The molecule has 0 N–H and O–H groups in total. The third-order valence-corrected chi connectivity index (χ3v) is 4.46. The van der Waals surface area contributed by atoms with E-state index in [0.717, 1.165) is 12.5 Å². The maximum atomic E-state index is 5.12. The van der Waals surface area contributed by atoms with E-state index in [1.807, 2.05) is 6.92 Å². The molecule has 13 heavy (non-hydrogen) atoms. The third-order valence-electron chi connectivity index (χ3n) is 1.99. The summed E-state index contributed by atoms with van der Waals surface area (Å²) in [6.07, 6.45) is 0.881. The molecule has 0 aliphatic carbocycles. The summed E-state index contributed by atoms with van der Waals surface area (Å²) in [4.78, 5) is 0. The molecule has 0 atom stereocenters. The van der Waals surface area contributed by atoms with Crippen molar-refractivity contribution in [2.45, 2.75) is 38.8 Å². The molecule has 0 amide bonds. The van der Waals surface area contributed by atoms with Crippen LogP contribution in [0.5, 0.6) is 0 Å². The molecular formula is C10H20O2Si. The van der Waals surface area contributed by atoms with Crippen LogP contribution in [0.1, 0.15) is 13.3 Å². The van der Waals surface area contributed by atoms with Crippen LogP contribution in [0, 0.1) is 11.5 Å². The second-order valence-corrected chi connectivity index (χ2v) is 8.22. The standard InChI is InChI=1S/C10H20O2Si/c1-6-8-13(4,5)9-7-10(11-2)12-3/h10H,7,9H2,1-5H3. The van der Waals surface area contributed by atoms with Gasteiger partial charge in [0.1, 0.15) is 8.07 Å². The molecular weight excluding hydrogens is 180 g/mol. The Hall–Kier alpha value is -0.303. The first-order valence-electron chi connectivity index (χ1n) is 4.55. The van der Waals surface area contributed by atoms with Gasteiger partial charge in [-0.05, 0) is 19.4 Å². The fourth-order valence-electron chi connectivity index (χ4n) is 1.21. The highest BCUT2D eigenvalue weighted by molar-refractivity contribution is 6.85. The zero-order valence-electron chi connectivity index (χ0n) is 9.31. The third kappa shape index (κ3) is 5.86. The smallest absolute Gasteiger partial charge is 0.156 e. The van der Waals surface area contributed by atoms with Crippen molar-refractivity contribution in [3.63, 3.8) is 0 Å².